The quantitative estimate of drug-likeness (QED) is 0.518. The number of H-pyrrole nitrogens is 1. The number of benzene rings is 1. The Labute approximate surface area is 178 Å². The van der Waals surface area contributed by atoms with Crippen LogP contribution in [0.1, 0.15) is 18.4 Å². The van der Waals surface area contributed by atoms with Crippen LogP contribution < -0.4 is 10.6 Å². The van der Waals surface area contributed by atoms with Crippen molar-refractivity contribution in [1.82, 2.24) is 20.4 Å². The van der Waals surface area contributed by atoms with E-state index in [0.29, 0.717) is 24.1 Å². The largest absolute Gasteiger partial charge is 0.463 e. The Morgan fingerprint density at radius 3 is 2.97 bits per heavy atom. The number of ether oxygens (including phenoxy) is 2. The summed E-state index contributed by atoms with van der Waals surface area (Å²) in [6, 6.07) is 7.93. The minimum Gasteiger partial charge on any atom is -0.463 e. The molecule has 0 fully saturated rings. The lowest BCUT2D eigenvalue weighted by Gasteiger charge is -2.18. The second kappa shape index (κ2) is 8.62. The maximum absolute atomic E-state index is 5.88. The van der Waals surface area contributed by atoms with Crippen molar-refractivity contribution in [1.29, 1.82) is 0 Å². The number of aromatic nitrogens is 4. The summed E-state index contributed by atoms with van der Waals surface area (Å²) in [5.74, 6) is 1.41. The zero-order chi connectivity index (χ0) is 20.9. The molecule has 9 nitrogen and oxygen atoms in total. The molecule has 0 unspecified atom stereocenters. The number of anilines is 2. The van der Waals surface area contributed by atoms with Crippen LogP contribution in [0.25, 0.3) is 11.5 Å². The molecule has 5 rings (SSSR count). The molecule has 1 aromatic carbocycles. The van der Waals surface area contributed by atoms with Crippen LogP contribution in [0.15, 0.2) is 89.0 Å². The summed E-state index contributed by atoms with van der Waals surface area (Å²) in [4.78, 5) is 0. The monoisotopic (exact) mass is 416 g/mol. The van der Waals surface area contributed by atoms with Gasteiger partial charge >= 0.3 is 6.01 Å². The summed E-state index contributed by atoms with van der Waals surface area (Å²) >= 11 is 0. The van der Waals surface area contributed by atoms with E-state index in [9.17, 15) is 0 Å². The standard InChI is InChI=1S/C22H20N6O3/c1-2-6-16(7-3-1)19-13-29-14-20(30-19)26-22-28-27-21(31-22)17-8-4-5-9-18(17)23-10-15-11-24-25-12-15/h1-2,4-6,8-9,11-14,23H,3,7,10H2,(H,24,25)(H,26,28). The van der Waals surface area contributed by atoms with Crippen molar-refractivity contribution in [2.75, 3.05) is 10.6 Å². The van der Waals surface area contributed by atoms with E-state index < -0.39 is 0 Å². The molecule has 2 aliphatic rings. The van der Waals surface area contributed by atoms with Gasteiger partial charge in [0.15, 0.2) is 12.0 Å². The van der Waals surface area contributed by atoms with Gasteiger partial charge in [0.25, 0.3) is 5.89 Å². The number of rotatable bonds is 7. The fourth-order valence-electron chi connectivity index (χ4n) is 3.21. The highest BCUT2D eigenvalue weighted by Crippen LogP contribution is 2.30. The van der Waals surface area contributed by atoms with Crippen molar-refractivity contribution in [3.8, 4) is 11.5 Å². The van der Waals surface area contributed by atoms with Gasteiger partial charge in [0.1, 0.15) is 6.26 Å². The van der Waals surface area contributed by atoms with Crippen molar-refractivity contribution in [3.05, 3.63) is 90.2 Å². The van der Waals surface area contributed by atoms with Gasteiger partial charge in [0.05, 0.1) is 11.8 Å². The van der Waals surface area contributed by atoms with E-state index >= 15 is 0 Å². The number of allylic oxidation sites excluding steroid dienone is 4. The Morgan fingerprint density at radius 2 is 2.10 bits per heavy atom. The fourth-order valence-corrected chi connectivity index (χ4v) is 3.21. The lowest BCUT2D eigenvalue weighted by molar-refractivity contribution is 0.232. The van der Waals surface area contributed by atoms with Crippen LogP contribution >= 0.6 is 0 Å². The Kier molecular flexibility index (Phi) is 5.21. The van der Waals surface area contributed by atoms with Crippen LogP contribution in [-0.4, -0.2) is 20.4 Å². The normalized spacial score (nSPS) is 15.3. The molecule has 31 heavy (non-hydrogen) atoms. The van der Waals surface area contributed by atoms with E-state index in [4.69, 9.17) is 13.9 Å². The highest BCUT2D eigenvalue weighted by molar-refractivity contribution is 5.72. The molecule has 156 valence electrons. The first-order chi connectivity index (χ1) is 15.3. The van der Waals surface area contributed by atoms with Gasteiger partial charge in [0.2, 0.25) is 5.88 Å². The molecule has 0 saturated heterocycles. The average Bonchev–Trinajstić information content (AvgIpc) is 3.51. The second-order valence-electron chi connectivity index (χ2n) is 6.90. The molecule has 0 atom stereocenters. The second-order valence-corrected chi connectivity index (χ2v) is 6.90. The first-order valence-electron chi connectivity index (χ1n) is 9.86. The van der Waals surface area contributed by atoms with Gasteiger partial charge < -0.3 is 19.2 Å². The summed E-state index contributed by atoms with van der Waals surface area (Å²) in [6.07, 6.45) is 14.7. The third-order valence-electron chi connectivity index (χ3n) is 4.75. The van der Waals surface area contributed by atoms with Crippen molar-refractivity contribution >= 4 is 11.7 Å². The number of nitrogens with zero attached hydrogens (tertiary/aromatic N) is 3. The number of aromatic amines is 1. The highest BCUT2D eigenvalue weighted by atomic mass is 16.6. The maximum Gasteiger partial charge on any atom is 0.322 e. The third kappa shape index (κ3) is 4.35. The molecule has 0 radical (unpaired) electrons. The molecule has 3 aromatic rings. The molecule has 3 heterocycles. The lowest BCUT2D eigenvalue weighted by Crippen LogP contribution is -2.10. The molecule has 9 heteroatoms. The molecule has 0 amide bonds. The van der Waals surface area contributed by atoms with Gasteiger partial charge in [-0.25, -0.2) is 0 Å². The molecule has 1 aliphatic heterocycles. The minimum absolute atomic E-state index is 0.202. The SMILES string of the molecule is C1=CCCC(C2=COC=C(Nc3nnc(-c4ccccc4NCc4cn[nH]c4)o3)O2)=C1. The molecular formula is C22H20N6O3. The minimum atomic E-state index is 0.202. The predicted octanol–water partition coefficient (Wildman–Crippen LogP) is 4.45. The zero-order valence-electron chi connectivity index (χ0n) is 16.5. The van der Waals surface area contributed by atoms with E-state index in [0.717, 1.165) is 35.2 Å². The number of nitrogens with one attached hydrogen (secondary N) is 3. The summed E-state index contributed by atoms with van der Waals surface area (Å²) in [5, 5.41) is 21.3. The summed E-state index contributed by atoms with van der Waals surface area (Å²) in [7, 11) is 0. The van der Waals surface area contributed by atoms with Crippen molar-refractivity contribution in [2.45, 2.75) is 19.4 Å². The van der Waals surface area contributed by atoms with Gasteiger partial charge in [-0.3, -0.25) is 10.4 Å². The van der Waals surface area contributed by atoms with Gasteiger partial charge in [-0.2, -0.15) is 5.10 Å². The van der Waals surface area contributed by atoms with Gasteiger partial charge in [-0.15, -0.1) is 5.10 Å². The smallest absolute Gasteiger partial charge is 0.322 e. The molecule has 0 bridgehead atoms. The van der Waals surface area contributed by atoms with Crippen molar-refractivity contribution in [2.24, 2.45) is 0 Å². The van der Waals surface area contributed by atoms with E-state index in [1.165, 1.54) is 6.26 Å². The maximum atomic E-state index is 5.88. The molecule has 0 spiro atoms. The molecule has 0 saturated carbocycles. The fraction of sp³-hybridized carbons (Fsp3) is 0.136. The lowest BCUT2D eigenvalue weighted by atomic mass is 10.0. The summed E-state index contributed by atoms with van der Waals surface area (Å²) < 4.78 is 17.1. The first-order valence-corrected chi connectivity index (χ1v) is 9.86. The molecular weight excluding hydrogens is 396 g/mol. The van der Waals surface area contributed by atoms with Gasteiger partial charge in [-0.05, 0) is 30.5 Å². The molecule has 3 N–H and O–H groups in total. The van der Waals surface area contributed by atoms with Crippen LogP contribution in [0.4, 0.5) is 11.7 Å². The Hall–Kier alpha value is -4.27. The zero-order valence-corrected chi connectivity index (χ0v) is 16.5. The van der Waals surface area contributed by atoms with Gasteiger partial charge in [0, 0.05) is 24.0 Å². The summed E-state index contributed by atoms with van der Waals surface area (Å²) in [6.45, 7) is 0.616. The van der Waals surface area contributed by atoms with Gasteiger partial charge in [-0.1, -0.05) is 35.5 Å². The first kappa shape index (κ1) is 18.7. The van der Waals surface area contributed by atoms with Crippen LogP contribution in [-0.2, 0) is 16.0 Å². The molecule has 1 aliphatic carbocycles. The van der Waals surface area contributed by atoms with E-state index in [2.05, 4.69) is 37.1 Å². The average molecular weight is 416 g/mol. The predicted molar refractivity (Wildman–Crippen MR) is 114 cm³/mol. The number of hydrogen-bond donors (Lipinski definition) is 3. The topological polar surface area (TPSA) is 110 Å². The third-order valence-corrected chi connectivity index (χ3v) is 4.75. The Morgan fingerprint density at radius 1 is 1.13 bits per heavy atom. The molecule has 2 aromatic heterocycles. The van der Waals surface area contributed by atoms with Crippen LogP contribution in [0.3, 0.4) is 0 Å². The van der Waals surface area contributed by atoms with Crippen LogP contribution in [0.5, 0.6) is 0 Å². The number of hydrogen-bond acceptors (Lipinski definition) is 8. The van der Waals surface area contributed by atoms with Crippen LogP contribution in [0, 0.1) is 0 Å². The van der Waals surface area contributed by atoms with E-state index in [1.54, 1.807) is 12.5 Å². The van der Waals surface area contributed by atoms with Crippen molar-refractivity contribution < 1.29 is 13.9 Å². The van der Waals surface area contributed by atoms with E-state index in [1.807, 2.05) is 42.6 Å². The Balaban J connectivity index is 1.27. The van der Waals surface area contributed by atoms with Crippen LogP contribution in [0.2, 0.25) is 0 Å². The summed E-state index contributed by atoms with van der Waals surface area (Å²) in [5.41, 5.74) is 3.77. The Bertz CT molecular complexity index is 1170. The van der Waals surface area contributed by atoms with E-state index in [-0.39, 0.29) is 6.01 Å². The highest BCUT2D eigenvalue weighted by Gasteiger charge is 2.18. The van der Waals surface area contributed by atoms with Crippen molar-refractivity contribution in [3.63, 3.8) is 0 Å². The number of para-hydroxylation sites is 1.